The number of aromatic nitrogens is 3. The molecule has 3 rings (SSSR count). The van der Waals surface area contributed by atoms with Crippen LogP contribution in [0.2, 0.25) is 0 Å². The second kappa shape index (κ2) is 4.78. The monoisotopic (exact) mass is 271 g/mol. The molecule has 0 N–H and O–H groups in total. The van der Waals surface area contributed by atoms with Gasteiger partial charge in [0.25, 0.3) is 0 Å². The van der Waals surface area contributed by atoms with E-state index in [9.17, 15) is 0 Å². The highest BCUT2D eigenvalue weighted by molar-refractivity contribution is 7.16. The second-order valence-electron chi connectivity index (χ2n) is 4.90. The topological polar surface area (TPSA) is 30.2 Å². The number of nitrogens with zero attached hydrogens (tertiary/aromatic N) is 3. The molecule has 0 aliphatic rings. The highest BCUT2D eigenvalue weighted by Crippen LogP contribution is 2.24. The van der Waals surface area contributed by atoms with Crippen LogP contribution >= 0.6 is 11.3 Å². The minimum absolute atomic E-state index is 0.983. The van der Waals surface area contributed by atoms with E-state index in [1.54, 1.807) is 11.3 Å². The van der Waals surface area contributed by atoms with Gasteiger partial charge >= 0.3 is 0 Å². The van der Waals surface area contributed by atoms with Crippen LogP contribution in [-0.4, -0.2) is 14.6 Å². The molecule has 19 heavy (non-hydrogen) atoms. The van der Waals surface area contributed by atoms with Gasteiger partial charge in [-0.25, -0.2) is 9.50 Å². The molecule has 0 aliphatic carbocycles. The Morgan fingerprint density at radius 2 is 2.05 bits per heavy atom. The van der Waals surface area contributed by atoms with E-state index in [4.69, 9.17) is 0 Å². The Hall–Kier alpha value is -1.68. The zero-order chi connectivity index (χ0) is 13.4. The maximum atomic E-state index is 4.68. The van der Waals surface area contributed by atoms with Crippen molar-refractivity contribution in [2.45, 2.75) is 33.6 Å². The van der Waals surface area contributed by atoms with E-state index in [0.29, 0.717) is 0 Å². The van der Waals surface area contributed by atoms with Crippen LogP contribution in [0.1, 0.15) is 29.5 Å². The van der Waals surface area contributed by atoms with E-state index in [2.05, 4.69) is 49.1 Å². The van der Waals surface area contributed by atoms with Gasteiger partial charge in [-0.1, -0.05) is 30.4 Å². The minimum atomic E-state index is 0.983. The fraction of sp³-hybridized carbons (Fsp3) is 0.333. The van der Waals surface area contributed by atoms with Crippen LogP contribution in [0.15, 0.2) is 24.4 Å². The molecule has 3 aromatic rings. The maximum absolute atomic E-state index is 4.68. The Balaban J connectivity index is 2.00. The van der Waals surface area contributed by atoms with Gasteiger partial charge in [0, 0.05) is 12.0 Å². The van der Waals surface area contributed by atoms with Gasteiger partial charge in [-0.15, -0.1) is 0 Å². The third-order valence-electron chi connectivity index (χ3n) is 3.35. The first-order chi connectivity index (χ1) is 9.17. The Morgan fingerprint density at radius 3 is 2.74 bits per heavy atom. The van der Waals surface area contributed by atoms with Crippen molar-refractivity contribution in [3.63, 3.8) is 0 Å². The molecule has 1 aromatic carbocycles. The first-order valence-corrected chi connectivity index (χ1v) is 7.41. The summed E-state index contributed by atoms with van der Waals surface area (Å²) in [5.74, 6) is 0. The van der Waals surface area contributed by atoms with E-state index in [-0.39, 0.29) is 0 Å². The molecule has 0 amide bonds. The van der Waals surface area contributed by atoms with Crippen molar-refractivity contribution in [3.8, 4) is 11.3 Å². The van der Waals surface area contributed by atoms with Gasteiger partial charge in [-0.05, 0) is 37.5 Å². The fourth-order valence-electron chi connectivity index (χ4n) is 2.10. The van der Waals surface area contributed by atoms with Crippen molar-refractivity contribution in [1.29, 1.82) is 0 Å². The Bertz CT molecular complexity index is 693. The lowest BCUT2D eigenvalue weighted by Crippen LogP contribution is -1.86. The summed E-state index contributed by atoms with van der Waals surface area (Å²) in [4.78, 5) is 5.66. The van der Waals surface area contributed by atoms with Crippen molar-refractivity contribution in [2.24, 2.45) is 0 Å². The number of hydrogen-bond donors (Lipinski definition) is 0. The number of rotatable bonds is 3. The first kappa shape index (κ1) is 12.4. The van der Waals surface area contributed by atoms with E-state index < -0.39 is 0 Å². The van der Waals surface area contributed by atoms with E-state index in [0.717, 1.165) is 34.1 Å². The fourth-order valence-corrected chi connectivity index (χ4v) is 3.07. The molecule has 98 valence electrons. The Morgan fingerprint density at radius 1 is 1.21 bits per heavy atom. The summed E-state index contributed by atoms with van der Waals surface area (Å²) in [5.41, 5.74) is 4.78. The summed E-state index contributed by atoms with van der Waals surface area (Å²) >= 11 is 1.69. The lowest BCUT2D eigenvalue weighted by Gasteiger charge is -2.01. The van der Waals surface area contributed by atoms with Crippen molar-refractivity contribution >= 4 is 16.3 Å². The quantitative estimate of drug-likeness (QED) is 0.720. The molecule has 0 radical (unpaired) electrons. The minimum Gasteiger partial charge on any atom is -0.217 e. The van der Waals surface area contributed by atoms with Crippen molar-refractivity contribution in [1.82, 2.24) is 14.6 Å². The molecule has 3 nitrogen and oxygen atoms in total. The molecule has 0 unspecified atom stereocenters. The van der Waals surface area contributed by atoms with E-state index in [1.165, 1.54) is 11.1 Å². The van der Waals surface area contributed by atoms with Crippen LogP contribution in [0.3, 0.4) is 0 Å². The average Bonchev–Trinajstić information content (AvgIpc) is 2.91. The summed E-state index contributed by atoms with van der Waals surface area (Å²) < 4.78 is 1.90. The molecule has 0 atom stereocenters. The molecule has 2 aromatic heterocycles. The number of fused-ring (bicyclic) bond motifs is 1. The molecule has 0 fully saturated rings. The Labute approximate surface area is 116 Å². The molecule has 2 heterocycles. The predicted octanol–water partition coefficient (Wildman–Crippen LogP) is 4.03. The summed E-state index contributed by atoms with van der Waals surface area (Å²) in [5, 5.41) is 5.72. The largest absolute Gasteiger partial charge is 0.217 e. The standard InChI is InChI=1S/C15H17N3S/c1-4-5-14-17-18-9-13(16-15(18)19-14)12-7-6-10(2)11(3)8-12/h6-9H,4-5H2,1-3H3. The summed E-state index contributed by atoms with van der Waals surface area (Å²) in [7, 11) is 0. The highest BCUT2D eigenvalue weighted by atomic mass is 32.1. The maximum Gasteiger partial charge on any atom is 0.212 e. The highest BCUT2D eigenvalue weighted by Gasteiger charge is 2.09. The van der Waals surface area contributed by atoms with Gasteiger partial charge < -0.3 is 0 Å². The normalized spacial score (nSPS) is 11.3. The number of imidazole rings is 1. The summed E-state index contributed by atoms with van der Waals surface area (Å²) in [6.07, 6.45) is 4.18. The smallest absolute Gasteiger partial charge is 0.212 e. The molecular formula is C15H17N3S. The molecule has 0 aliphatic heterocycles. The van der Waals surface area contributed by atoms with Crippen LogP contribution < -0.4 is 0 Å². The molecule has 0 saturated carbocycles. The van der Waals surface area contributed by atoms with Crippen LogP contribution in [0.4, 0.5) is 0 Å². The van der Waals surface area contributed by atoms with Crippen LogP contribution in [0.5, 0.6) is 0 Å². The zero-order valence-electron chi connectivity index (χ0n) is 11.5. The molecule has 0 saturated heterocycles. The van der Waals surface area contributed by atoms with Gasteiger partial charge in [0.15, 0.2) is 0 Å². The zero-order valence-corrected chi connectivity index (χ0v) is 12.3. The lowest BCUT2D eigenvalue weighted by molar-refractivity contribution is 0.849. The summed E-state index contributed by atoms with van der Waals surface area (Å²) in [6.45, 7) is 6.43. The van der Waals surface area contributed by atoms with Crippen molar-refractivity contribution in [2.75, 3.05) is 0 Å². The van der Waals surface area contributed by atoms with Crippen LogP contribution in [0, 0.1) is 13.8 Å². The van der Waals surface area contributed by atoms with Gasteiger partial charge in [0.1, 0.15) is 5.01 Å². The lowest BCUT2D eigenvalue weighted by atomic mass is 10.1. The number of hydrogen-bond acceptors (Lipinski definition) is 3. The third kappa shape index (κ3) is 2.28. The molecule has 0 spiro atoms. The predicted molar refractivity (Wildman–Crippen MR) is 79.8 cm³/mol. The average molecular weight is 271 g/mol. The van der Waals surface area contributed by atoms with Crippen molar-refractivity contribution in [3.05, 3.63) is 40.5 Å². The summed E-state index contributed by atoms with van der Waals surface area (Å²) in [6, 6.07) is 6.46. The third-order valence-corrected chi connectivity index (χ3v) is 4.33. The van der Waals surface area contributed by atoms with Gasteiger partial charge in [0.05, 0.1) is 11.9 Å². The van der Waals surface area contributed by atoms with Gasteiger partial charge in [-0.3, -0.25) is 0 Å². The van der Waals surface area contributed by atoms with E-state index in [1.807, 2.05) is 10.7 Å². The van der Waals surface area contributed by atoms with Crippen LogP contribution in [-0.2, 0) is 6.42 Å². The van der Waals surface area contributed by atoms with Gasteiger partial charge in [-0.2, -0.15) is 5.10 Å². The molecule has 0 bridgehead atoms. The van der Waals surface area contributed by atoms with E-state index >= 15 is 0 Å². The molecular weight excluding hydrogens is 254 g/mol. The van der Waals surface area contributed by atoms with Crippen LogP contribution in [0.25, 0.3) is 16.2 Å². The number of aryl methyl sites for hydroxylation is 3. The number of benzene rings is 1. The van der Waals surface area contributed by atoms with Gasteiger partial charge in [0.2, 0.25) is 4.96 Å². The first-order valence-electron chi connectivity index (χ1n) is 6.60. The molecule has 4 heteroatoms. The Kier molecular flexibility index (Phi) is 3.11. The van der Waals surface area contributed by atoms with Crippen molar-refractivity contribution < 1.29 is 0 Å². The SMILES string of the molecule is CCCc1nn2cc(-c3ccc(C)c(C)c3)nc2s1. The second-order valence-corrected chi connectivity index (χ2v) is 5.94.